The Morgan fingerprint density at radius 1 is 1.00 bits per heavy atom. The average Bonchev–Trinajstić information content (AvgIpc) is 2.74. The fourth-order valence-electron chi connectivity index (χ4n) is 3.76. The molecule has 166 valence electrons. The van der Waals surface area contributed by atoms with Crippen LogP contribution >= 0.6 is 0 Å². The van der Waals surface area contributed by atoms with E-state index >= 15 is 0 Å². The van der Waals surface area contributed by atoms with Gasteiger partial charge in [-0.05, 0) is 74.9 Å². The van der Waals surface area contributed by atoms with Crippen LogP contribution in [0.3, 0.4) is 0 Å². The summed E-state index contributed by atoms with van der Waals surface area (Å²) in [6.07, 6.45) is 7.42. The number of urea groups is 1. The van der Waals surface area contributed by atoms with Crippen LogP contribution < -0.4 is 15.4 Å². The zero-order valence-electron chi connectivity index (χ0n) is 18.3. The Labute approximate surface area is 184 Å². The molecule has 1 fully saturated rings. The van der Waals surface area contributed by atoms with Gasteiger partial charge in [-0.1, -0.05) is 43.5 Å². The Kier molecular flexibility index (Phi) is 7.55. The number of benzene rings is 2. The molecule has 0 atom stereocenters. The second-order valence-corrected chi connectivity index (χ2v) is 8.70. The van der Waals surface area contributed by atoms with Gasteiger partial charge in [0.15, 0.2) is 5.60 Å². The molecule has 31 heavy (non-hydrogen) atoms. The predicted molar refractivity (Wildman–Crippen MR) is 122 cm³/mol. The molecule has 0 spiro atoms. The van der Waals surface area contributed by atoms with Crippen molar-refractivity contribution in [2.45, 2.75) is 70.4 Å². The van der Waals surface area contributed by atoms with Crippen molar-refractivity contribution in [2.75, 3.05) is 5.32 Å². The molecule has 6 heteroatoms. The second kappa shape index (κ2) is 10.3. The summed E-state index contributed by atoms with van der Waals surface area (Å²) in [5, 5.41) is 15.2. The van der Waals surface area contributed by atoms with Crippen LogP contribution in [0.15, 0.2) is 48.5 Å². The summed E-state index contributed by atoms with van der Waals surface area (Å²) in [6.45, 7) is 3.05. The third-order valence-electron chi connectivity index (χ3n) is 5.64. The summed E-state index contributed by atoms with van der Waals surface area (Å²) < 4.78 is 5.54. The molecule has 2 aromatic carbocycles. The van der Waals surface area contributed by atoms with Gasteiger partial charge in [-0.15, -0.1) is 0 Å². The van der Waals surface area contributed by atoms with E-state index in [1.807, 2.05) is 30.3 Å². The van der Waals surface area contributed by atoms with E-state index in [1.54, 1.807) is 12.1 Å². The number of hydrogen-bond donors (Lipinski definition) is 3. The van der Waals surface area contributed by atoms with E-state index in [2.05, 4.69) is 16.7 Å². The van der Waals surface area contributed by atoms with E-state index in [0.717, 1.165) is 42.5 Å². The normalized spacial score (nSPS) is 14.6. The van der Waals surface area contributed by atoms with E-state index in [4.69, 9.17) is 4.74 Å². The maximum Gasteiger partial charge on any atom is 0.347 e. The predicted octanol–water partition coefficient (Wildman–Crippen LogP) is 5.17. The molecule has 1 saturated carbocycles. The third-order valence-corrected chi connectivity index (χ3v) is 5.64. The number of hydrogen-bond acceptors (Lipinski definition) is 3. The Bertz CT molecular complexity index is 887. The Balaban J connectivity index is 1.50. The first kappa shape index (κ1) is 22.7. The SMILES string of the molecule is CC(C)(Oc1ccc(CCc2cccc(NC(=O)NC3CCCCC3)c2)cc1)C(=O)O. The van der Waals surface area contributed by atoms with Crippen molar-refractivity contribution in [2.24, 2.45) is 0 Å². The van der Waals surface area contributed by atoms with Crippen LogP contribution in [0.2, 0.25) is 0 Å². The van der Waals surface area contributed by atoms with Gasteiger partial charge in [0.25, 0.3) is 0 Å². The van der Waals surface area contributed by atoms with Crippen LogP contribution in [0.5, 0.6) is 5.75 Å². The Hall–Kier alpha value is -3.02. The van der Waals surface area contributed by atoms with E-state index in [-0.39, 0.29) is 12.1 Å². The quantitative estimate of drug-likeness (QED) is 0.546. The largest absolute Gasteiger partial charge is 0.478 e. The summed E-state index contributed by atoms with van der Waals surface area (Å²) in [5.41, 5.74) is 1.81. The number of carboxylic acids is 1. The fraction of sp³-hybridized carbons (Fsp3) is 0.440. The van der Waals surface area contributed by atoms with Crippen LogP contribution in [-0.4, -0.2) is 28.7 Å². The Morgan fingerprint density at radius 3 is 2.35 bits per heavy atom. The average molecular weight is 425 g/mol. The molecule has 2 aromatic rings. The molecule has 3 rings (SSSR count). The highest BCUT2D eigenvalue weighted by molar-refractivity contribution is 5.89. The minimum absolute atomic E-state index is 0.135. The molecule has 3 N–H and O–H groups in total. The number of aryl methyl sites for hydroxylation is 2. The van der Waals surface area contributed by atoms with E-state index < -0.39 is 11.6 Å². The highest BCUT2D eigenvalue weighted by atomic mass is 16.5. The van der Waals surface area contributed by atoms with E-state index in [9.17, 15) is 14.7 Å². The summed E-state index contributed by atoms with van der Waals surface area (Å²) in [4.78, 5) is 23.5. The summed E-state index contributed by atoms with van der Waals surface area (Å²) in [5.74, 6) is -0.469. The van der Waals surface area contributed by atoms with Crippen molar-refractivity contribution in [1.82, 2.24) is 5.32 Å². The van der Waals surface area contributed by atoms with Crippen LogP contribution in [0.1, 0.15) is 57.1 Å². The highest BCUT2D eigenvalue weighted by Crippen LogP contribution is 2.21. The van der Waals surface area contributed by atoms with Gasteiger partial charge in [-0.2, -0.15) is 0 Å². The number of anilines is 1. The first-order valence-electron chi connectivity index (χ1n) is 11.0. The van der Waals surface area contributed by atoms with E-state index in [0.29, 0.717) is 5.75 Å². The van der Waals surface area contributed by atoms with Gasteiger partial charge in [0.2, 0.25) is 0 Å². The summed E-state index contributed by atoms with van der Waals surface area (Å²) in [7, 11) is 0. The van der Waals surface area contributed by atoms with Crippen molar-refractivity contribution in [3.05, 3.63) is 59.7 Å². The zero-order valence-corrected chi connectivity index (χ0v) is 18.3. The van der Waals surface area contributed by atoms with Gasteiger partial charge in [-0.25, -0.2) is 9.59 Å². The van der Waals surface area contributed by atoms with Crippen molar-refractivity contribution in [3.63, 3.8) is 0 Å². The van der Waals surface area contributed by atoms with Crippen molar-refractivity contribution >= 4 is 17.7 Å². The molecule has 0 aliphatic heterocycles. The molecule has 0 saturated heterocycles. The maximum absolute atomic E-state index is 12.3. The molecular weight excluding hydrogens is 392 g/mol. The van der Waals surface area contributed by atoms with Crippen LogP contribution in [0, 0.1) is 0 Å². The molecule has 1 aliphatic carbocycles. The van der Waals surface area contributed by atoms with Crippen molar-refractivity contribution < 1.29 is 19.4 Å². The number of nitrogens with one attached hydrogen (secondary N) is 2. The molecule has 0 aromatic heterocycles. The molecule has 0 bridgehead atoms. The number of ether oxygens (including phenoxy) is 1. The number of aliphatic carboxylic acids is 1. The lowest BCUT2D eigenvalue weighted by molar-refractivity contribution is -0.152. The van der Waals surface area contributed by atoms with Gasteiger partial charge in [0.1, 0.15) is 5.75 Å². The lowest BCUT2D eigenvalue weighted by Crippen LogP contribution is -2.39. The number of carbonyl (C=O) groups is 2. The first-order chi connectivity index (χ1) is 14.8. The molecule has 0 heterocycles. The minimum Gasteiger partial charge on any atom is -0.478 e. The number of rotatable bonds is 8. The van der Waals surface area contributed by atoms with Gasteiger partial charge in [-0.3, -0.25) is 0 Å². The fourth-order valence-corrected chi connectivity index (χ4v) is 3.76. The third kappa shape index (κ3) is 7.02. The van der Waals surface area contributed by atoms with Gasteiger partial charge in [0.05, 0.1) is 0 Å². The van der Waals surface area contributed by atoms with Crippen LogP contribution in [-0.2, 0) is 17.6 Å². The molecule has 0 radical (unpaired) electrons. The van der Waals surface area contributed by atoms with Crippen LogP contribution in [0.4, 0.5) is 10.5 Å². The maximum atomic E-state index is 12.3. The summed E-state index contributed by atoms with van der Waals surface area (Å²) in [6, 6.07) is 15.6. The highest BCUT2D eigenvalue weighted by Gasteiger charge is 2.29. The zero-order chi connectivity index (χ0) is 22.3. The van der Waals surface area contributed by atoms with Gasteiger partial charge >= 0.3 is 12.0 Å². The standard InChI is InChI=1S/C25H32N2O4/c1-25(2,23(28)29)31-22-15-13-18(14-16-22)11-12-19-7-6-10-21(17-19)27-24(30)26-20-8-4-3-5-9-20/h6-7,10,13-17,20H,3-5,8-9,11-12H2,1-2H3,(H,28,29)(H2,26,27,30). The second-order valence-electron chi connectivity index (χ2n) is 8.70. The lowest BCUT2D eigenvalue weighted by atomic mass is 9.96. The molecule has 0 unspecified atom stereocenters. The minimum atomic E-state index is -1.27. The monoisotopic (exact) mass is 424 g/mol. The molecular formula is C25H32N2O4. The molecule has 6 nitrogen and oxygen atoms in total. The smallest absolute Gasteiger partial charge is 0.347 e. The summed E-state index contributed by atoms with van der Waals surface area (Å²) >= 11 is 0. The molecule has 2 amide bonds. The van der Waals surface area contributed by atoms with Crippen LogP contribution in [0.25, 0.3) is 0 Å². The number of amides is 2. The number of carbonyl (C=O) groups excluding carboxylic acids is 1. The van der Waals surface area contributed by atoms with E-state index in [1.165, 1.54) is 33.1 Å². The number of carboxylic acid groups (broad SMARTS) is 1. The van der Waals surface area contributed by atoms with Gasteiger partial charge in [0, 0.05) is 11.7 Å². The molecule has 1 aliphatic rings. The first-order valence-corrected chi connectivity index (χ1v) is 11.0. The van der Waals surface area contributed by atoms with Gasteiger partial charge < -0.3 is 20.5 Å². The topological polar surface area (TPSA) is 87.7 Å². The Morgan fingerprint density at radius 2 is 1.68 bits per heavy atom. The van der Waals surface area contributed by atoms with Crippen molar-refractivity contribution in [3.8, 4) is 5.75 Å². The lowest BCUT2D eigenvalue weighted by Gasteiger charge is -2.22. The van der Waals surface area contributed by atoms with Crippen molar-refractivity contribution in [1.29, 1.82) is 0 Å².